The molecule has 1 aromatic carbocycles. The third-order valence-corrected chi connectivity index (χ3v) is 2.97. The zero-order chi connectivity index (χ0) is 15.4. The third-order valence-electron chi connectivity index (χ3n) is 2.97. The first-order valence-electron chi connectivity index (χ1n) is 6.07. The molecule has 5 N–H and O–H groups in total. The Morgan fingerprint density at radius 3 is 2.86 bits per heavy atom. The van der Waals surface area contributed by atoms with Gasteiger partial charge in [0.15, 0.2) is 0 Å². The quantitative estimate of drug-likeness (QED) is 0.369. The van der Waals surface area contributed by atoms with Gasteiger partial charge in [-0.05, 0) is 19.1 Å². The molecule has 110 valence electrons. The smallest absolute Gasteiger partial charge is 0.282 e. The number of hydrogen-bond acceptors (Lipinski definition) is 6. The van der Waals surface area contributed by atoms with Gasteiger partial charge in [-0.3, -0.25) is 25.9 Å². The number of rotatable bonds is 5. The summed E-state index contributed by atoms with van der Waals surface area (Å²) in [5, 5.41) is 20.1. The molecule has 0 radical (unpaired) electrons. The van der Waals surface area contributed by atoms with Crippen molar-refractivity contribution in [2.75, 3.05) is 5.43 Å². The van der Waals surface area contributed by atoms with E-state index in [1.807, 2.05) is 0 Å². The molecule has 0 bridgehead atoms. The number of nitrogen functional groups attached to an aromatic ring is 1. The normalized spacial score (nSPS) is 11.7. The van der Waals surface area contributed by atoms with Gasteiger partial charge in [0.1, 0.15) is 5.56 Å². The van der Waals surface area contributed by atoms with E-state index in [2.05, 4.69) is 20.9 Å². The number of anilines is 1. The Morgan fingerprint density at radius 1 is 1.52 bits per heavy atom. The molecule has 0 spiro atoms. The molecular weight excluding hydrogens is 276 g/mol. The van der Waals surface area contributed by atoms with Crippen molar-refractivity contribution >= 4 is 17.3 Å². The molecule has 0 saturated heterocycles. The molecule has 1 aromatic heterocycles. The Morgan fingerprint density at radius 2 is 2.29 bits per heavy atom. The van der Waals surface area contributed by atoms with E-state index in [0.29, 0.717) is 5.69 Å². The number of hydrazine groups is 1. The molecule has 0 aliphatic heterocycles. The fraction of sp³-hybridized carbons (Fsp3) is 0.167. The number of H-pyrrole nitrogens is 1. The Balaban J connectivity index is 2.27. The molecular formula is C12H14N6O3. The number of aromatic amines is 1. The van der Waals surface area contributed by atoms with Gasteiger partial charge >= 0.3 is 0 Å². The topological polar surface area (TPSA) is 139 Å². The van der Waals surface area contributed by atoms with Crippen molar-refractivity contribution in [2.24, 2.45) is 5.84 Å². The zero-order valence-electron chi connectivity index (χ0n) is 11.2. The number of nitro groups is 1. The minimum absolute atomic E-state index is 0.0641. The molecule has 0 fully saturated rings. The Bertz CT molecular complexity index is 655. The van der Waals surface area contributed by atoms with E-state index in [1.165, 1.54) is 18.2 Å². The summed E-state index contributed by atoms with van der Waals surface area (Å²) in [6, 6.07) is 3.64. The second kappa shape index (κ2) is 6.01. The van der Waals surface area contributed by atoms with Crippen molar-refractivity contribution in [3.63, 3.8) is 0 Å². The van der Waals surface area contributed by atoms with Crippen molar-refractivity contribution in [3.05, 3.63) is 51.8 Å². The number of hydrogen-bond donors (Lipinski definition) is 4. The van der Waals surface area contributed by atoms with Gasteiger partial charge < -0.3 is 10.7 Å². The molecule has 0 saturated carbocycles. The molecule has 0 aliphatic rings. The van der Waals surface area contributed by atoms with Crippen LogP contribution >= 0.6 is 0 Å². The van der Waals surface area contributed by atoms with E-state index in [4.69, 9.17) is 5.84 Å². The highest BCUT2D eigenvalue weighted by atomic mass is 16.6. The van der Waals surface area contributed by atoms with Gasteiger partial charge in [0.25, 0.3) is 11.6 Å². The number of nitrogens with one attached hydrogen (secondary N) is 3. The molecule has 9 heteroatoms. The van der Waals surface area contributed by atoms with Crippen LogP contribution in [0.4, 0.5) is 11.4 Å². The van der Waals surface area contributed by atoms with E-state index in [1.54, 1.807) is 19.3 Å². The fourth-order valence-electron chi connectivity index (χ4n) is 1.82. The van der Waals surface area contributed by atoms with E-state index in [9.17, 15) is 14.9 Å². The van der Waals surface area contributed by atoms with Crippen LogP contribution in [0.5, 0.6) is 0 Å². The van der Waals surface area contributed by atoms with Crippen molar-refractivity contribution < 1.29 is 9.72 Å². The average molecular weight is 290 g/mol. The standard InChI is InChI=1S/C12H14N6O3/c1-7(8-5-14-15-6-8)16-12(19)10-4-9(17-13)2-3-11(10)18(20)21/h2-7,17H,13H2,1H3,(H,14,15)(H,16,19). The lowest BCUT2D eigenvalue weighted by Crippen LogP contribution is -2.27. The van der Waals surface area contributed by atoms with Crippen molar-refractivity contribution in [1.29, 1.82) is 0 Å². The SMILES string of the molecule is CC(NC(=O)c1cc(NN)ccc1[N+](=O)[O-])c1cn[nH]c1. The van der Waals surface area contributed by atoms with Gasteiger partial charge in [-0.25, -0.2) is 0 Å². The summed E-state index contributed by atoms with van der Waals surface area (Å²) in [5.41, 5.74) is 3.17. The first-order valence-corrected chi connectivity index (χ1v) is 6.07. The number of carbonyl (C=O) groups is 1. The van der Waals surface area contributed by atoms with E-state index < -0.39 is 10.8 Å². The summed E-state index contributed by atoms with van der Waals surface area (Å²) in [6.45, 7) is 1.75. The molecule has 1 amide bonds. The van der Waals surface area contributed by atoms with Crippen LogP contribution in [0.15, 0.2) is 30.6 Å². The first kappa shape index (κ1) is 14.5. The van der Waals surface area contributed by atoms with Crippen LogP contribution in [0.25, 0.3) is 0 Å². The summed E-state index contributed by atoms with van der Waals surface area (Å²) in [5.74, 6) is 4.70. The van der Waals surface area contributed by atoms with Crippen LogP contribution in [-0.2, 0) is 0 Å². The monoisotopic (exact) mass is 290 g/mol. The van der Waals surface area contributed by atoms with Gasteiger partial charge in [0.05, 0.1) is 17.2 Å². The molecule has 9 nitrogen and oxygen atoms in total. The average Bonchev–Trinajstić information content (AvgIpc) is 3.00. The number of amides is 1. The lowest BCUT2D eigenvalue weighted by atomic mass is 10.1. The minimum atomic E-state index is -0.613. The highest BCUT2D eigenvalue weighted by Crippen LogP contribution is 2.23. The number of nitrogens with zero attached hydrogens (tertiary/aromatic N) is 2. The van der Waals surface area contributed by atoms with E-state index >= 15 is 0 Å². The van der Waals surface area contributed by atoms with Crippen LogP contribution in [0.1, 0.15) is 28.9 Å². The second-order valence-corrected chi connectivity index (χ2v) is 4.36. The number of nitrogens with two attached hydrogens (primary N) is 1. The summed E-state index contributed by atoms with van der Waals surface area (Å²) in [7, 11) is 0. The van der Waals surface area contributed by atoms with Crippen molar-refractivity contribution in [3.8, 4) is 0 Å². The maximum Gasteiger partial charge on any atom is 0.282 e. The van der Waals surface area contributed by atoms with Gasteiger partial charge in [0, 0.05) is 23.5 Å². The lowest BCUT2D eigenvalue weighted by molar-refractivity contribution is -0.385. The lowest BCUT2D eigenvalue weighted by Gasteiger charge is -2.12. The molecule has 1 unspecified atom stereocenters. The predicted octanol–water partition coefficient (Wildman–Crippen LogP) is 1.09. The largest absolute Gasteiger partial charge is 0.345 e. The maximum atomic E-state index is 12.2. The molecule has 2 aromatic rings. The summed E-state index contributed by atoms with van der Waals surface area (Å²) in [6.07, 6.45) is 3.20. The molecule has 0 aliphatic carbocycles. The highest BCUT2D eigenvalue weighted by molar-refractivity contribution is 5.99. The van der Waals surface area contributed by atoms with Gasteiger partial charge in [-0.2, -0.15) is 5.10 Å². The Kier molecular flexibility index (Phi) is 4.14. The van der Waals surface area contributed by atoms with Crippen LogP contribution < -0.4 is 16.6 Å². The van der Waals surface area contributed by atoms with Gasteiger partial charge in [-0.15, -0.1) is 0 Å². The first-order chi connectivity index (χ1) is 10.0. The van der Waals surface area contributed by atoms with E-state index in [-0.39, 0.29) is 17.3 Å². The molecule has 21 heavy (non-hydrogen) atoms. The number of aromatic nitrogens is 2. The zero-order valence-corrected chi connectivity index (χ0v) is 11.2. The highest BCUT2D eigenvalue weighted by Gasteiger charge is 2.22. The third kappa shape index (κ3) is 3.15. The molecule has 1 heterocycles. The van der Waals surface area contributed by atoms with Crippen molar-refractivity contribution in [1.82, 2.24) is 15.5 Å². The number of carbonyl (C=O) groups excluding carboxylic acids is 1. The number of nitro benzene ring substituents is 1. The van der Waals surface area contributed by atoms with Crippen molar-refractivity contribution in [2.45, 2.75) is 13.0 Å². The fourth-order valence-corrected chi connectivity index (χ4v) is 1.82. The summed E-state index contributed by atoms with van der Waals surface area (Å²) in [4.78, 5) is 22.6. The molecule has 2 rings (SSSR count). The second-order valence-electron chi connectivity index (χ2n) is 4.36. The van der Waals surface area contributed by atoms with Crippen LogP contribution in [0, 0.1) is 10.1 Å². The van der Waals surface area contributed by atoms with Gasteiger partial charge in [-0.1, -0.05) is 0 Å². The van der Waals surface area contributed by atoms with Crippen LogP contribution in [-0.4, -0.2) is 21.0 Å². The van der Waals surface area contributed by atoms with Crippen LogP contribution in [0.2, 0.25) is 0 Å². The molecule has 1 atom stereocenters. The van der Waals surface area contributed by atoms with Crippen LogP contribution in [0.3, 0.4) is 0 Å². The minimum Gasteiger partial charge on any atom is -0.345 e. The summed E-state index contributed by atoms with van der Waals surface area (Å²) < 4.78 is 0. The Hall–Kier alpha value is -2.94. The van der Waals surface area contributed by atoms with E-state index in [0.717, 1.165) is 5.56 Å². The Labute approximate surface area is 119 Å². The number of benzene rings is 1. The maximum absolute atomic E-state index is 12.2. The predicted molar refractivity (Wildman–Crippen MR) is 75.4 cm³/mol. The van der Waals surface area contributed by atoms with Gasteiger partial charge in [0.2, 0.25) is 0 Å². The summed E-state index contributed by atoms with van der Waals surface area (Å²) >= 11 is 0.